The summed E-state index contributed by atoms with van der Waals surface area (Å²) in [4.78, 5) is 19.5. The van der Waals surface area contributed by atoms with Crippen molar-refractivity contribution in [2.75, 3.05) is 30.0 Å². The highest BCUT2D eigenvalue weighted by Crippen LogP contribution is 2.25. The van der Waals surface area contributed by atoms with E-state index in [0.29, 0.717) is 23.5 Å². The molecule has 0 fully saturated rings. The number of nitrogens with two attached hydrogens (primary N) is 1. The molecule has 162 valence electrons. The molecular weight excluding hydrogens is 400 g/mol. The lowest BCUT2D eigenvalue weighted by molar-refractivity contribution is 0.102. The molecule has 1 amide bonds. The minimum absolute atomic E-state index is 0.204. The highest BCUT2D eigenvalue weighted by molar-refractivity contribution is 6.06. The number of benzene rings is 3. The Kier molecular flexibility index (Phi) is 5.94. The molecule has 0 atom stereocenters. The van der Waals surface area contributed by atoms with Gasteiger partial charge in [0, 0.05) is 53.4 Å². The number of hydrogen-bond acceptors (Lipinski definition) is 5. The number of amides is 1. The maximum Gasteiger partial charge on any atom is 0.256 e. The fraction of sp³-hybridized carbons (Fsp3) is 0.154. The first-order valence-corrected chi connectivity index (χ1v) is 10.4. The fourth-order valence-electron chi connectivity index (χ4n) is 3.54. The number of nitrogens with zero attached hydrogens (tertiary/aromatic N) is 2. The summed E-state index contributed by atoms with van der Waals surface area (Å²) in [5.74, 6) is 0.545. The van der Waals surface area contributed by atoms with Crippen molar-refractivity contribution in [3.05, 3.63) is 89.6 Å². The fourth-order valence-corrected chi connectivity index (χ4v) is 3.54. The SMILES string of the molecule is Cc1cc(N)c2cc(NC(=O)c3ccccc3COc3ccc(N(C)C)cc3)ccc2n1. The number of nitrogens with one attached hydrogen (secondary N) is 1. The van der Waals surface area contributed by atoms with Crippen LogP contribution in [0.1, 0.15) is 21.6 Å². The summed E-state index contributed by atoms with van der Waals surface area (Å²) in [6, 6.07) is 22.6. The Morgan fingerprint density at radius 1 is 1.03 bits per heavy atom. The molecule has 0 saturated heterocycles. The van der Waals surface area contributed by atoms with E-state index in [4.69, 9.17) is 10.5 Å². The van der Waals surface area contributed by atoms with E-state index in [2.05, 4.69) is 10.3 Å². The molecular formula is C26H26N4O2. The Hall–Kier alpha value is -4.06. The topological polar surface area (TPSA) is 80.5 Å². The molecule has 1 heterocycles. The van der Waals surface area contributed by atoms with Gasteiger partial charge in [-0.3, -0.25) is 9.78 Å². The number of pyridine rings is 1. The van der Waals surface area contributed by atoms with Crippen LogP contribution in [0.2, 0.25) is 0 Å². The largest absolute Gasteiger partial charge is 0.489 e. The quantitative estimate of drug-likeness (QED) is 0.452. The highest BCUT2D eigenvalue weighted by Gasteiger charge is 2.13. The molecule has 4 rings (SSSR count). The van der Waals surface area contributed by atoms with Crippen LogP contribution in [0.5, 0.6) is 5.75 Å². The van der Waals surface area contributed by atoms with Crippen LogP contribution in [0.15, 0.2) is 72.8 Å². The second-order valence-corrected chi connectivity index (χ2v) is 7.87. The number of aryl methyl sites for hydroxylation is 1. The zero-order valence-electron chi connectivity index (χ0n) is 18.4. The van der Waals surface area contributed by atoms with Crippen molar-refractivity contribution in [1.29, 1.82) is 0 Å². The third-order valence-corrected chi connectivity index (χ3v) is 5.24. The van der Waals surface area contributed by atoms with Crippen LogP contribution in [0.3, 0.4) is 0 Å². The standard InChI is InChI=1S/C26H26N4O2/c1-17-14-24(27)23-15-19(8-13-25(23)28-17)29-26(31)22-7-5-4-6-18(22)16-32-21-11-9-20(10-12-21)30(2)3/h4-15H,16H2,1-3H3,(H2,27,28)(H,29,31). The van der Waals surface area contributed by atoms with Gasteiger partial charge in [-0.05, 0) is 61.5 Å². The molecule has 0 unspecified atom stereocenters. The Morgan fingerprint density at radius 3 is 2.53 bits per heavy atom. The van der Waals surface area contributed by atoms with Crippen LogP contribution in [-0.4, -0.2) is 25.0 Å². The Balaban J connectivity index is 1.50. The molecule has 0 saturated carbocycles. The molecule has 6 nitrogen and oxygen atoms in total. The summed E-state index contributed by atoms with van der Waals surface area (Å²) in [5, 5.41) is 3.78. The maximum atomic E-state index is 13.0. The van der Waals surface area contributed by atoms with Crippen molar-refractivity contribution in [2.45, 2.75) is 13.5 Å². The number of rotatable bonds is 6. The van der Waals surface area contributed by atoms with Crippen molar-refractivity contribution in [3.8, 4) is 5.75 Å². The third kappa shape index (κ3) is 4.64. The van der Waals surface area contributed by atoms with E-state index >= 15 is 0 Å². The molecule has 0 aliphatic carbocycles. The predicted molar refractivity (Wildman–Crippen MR) is 130 cm³/mol. The minimum atomic E-state index is -0.204. The number of ether oxygens (including phenoxy) is 1. The lowest BCUT2D eigenvalue weighted by Crippen LogP contribution is -2.15. The third-order valence-electron chi connectivity index (χ3n) is 5.24. The summed E-state index contributed by atoms with van der Waals surface area (Å²) in [7, 11) is 3.98. The number of carbonyl (C=O) groups is 1. The molecule has 0 aliphatic rings. The molecule has 6 heteroatoms. The lowest BCUT2D eigenvalue weighted by atomic mass is 10.1. The number of hydrogen-bond donors (Lipinski definition) is 2. The van der Waals surface area contributed by atoms with Crippen molar-refractivity contribution in [1.82, 2.24) is 4.98 Å². The lowest BCUT2D eigenvalue weighted by Gasteiger charge is -2.14. The maximum absolute atomic E-state index is 13.0. The van der Waals surface area contributed by atoms with Crippen LogP contribution in [-0.2, 0) is 6.61 Å². The molecule has 1 aromatic heterocycles. The number of anilines is 3. The molecule has 32 heavy (non-hydrogen) atoms. The van der Waals surface area contributed by atoms with Crippen LogP contribution in [0.4, 0.5) is 17.1 Å². The molecule has 3 aromatic carbocycles. The number of carbonyl (C=O) groups excluding carboxylic acids is 1. The number of aromatic nitrogens is 1. The average Bonchev–Trinajstić information content (AvgIpc) is 2.78. The summed E-state index contributed by atoms with van der Waals surface area (Å²) >= 11 is 0. The molecule has 4 aromatic rings. The van der Waals surface area contributed by atoms with Crippen LogP contribution < -0.4 is 20.7 Å². The van der Waals surface area contributed by atoms with Gasteiger partial charge in [0.1, 0.15) is 12.4 Å². The van der Waals surface area contributed by atoms with Gasteiger partial charge in [0.15, 0.2) is 0 Å². The van der Waals surface area contributed by atoms with Gasteiger partial charge >= 0.3 is 0 Å². The molecule has 0 aliphatic heterocycles. The smallest absolute Gasteiger partial charge is 0.256 e. The van der Waals surface area contributed by atoms with Crippen LogP contribution in [0, 0.1) is 6.92 Å². The van der Waals surface area contributed by atoms with E-state index in [0.717, 1.165) is 33.6 Å². The Bertz CT molecular complexity index is 1270. The van der Waals surface area contributed by atoms with Gasteiger partial charge in [0.05, 0.1) is 5.52 Å². The first kappa shape index (κ1) is 21.2. The second kappa shape index (κ2) is 8.98. The molecule has 3 N–H and O–H groups in total. The number of nitrogen functional groups attached to an aromatic ring is 1. The van der Waals surface area contributed by atoms with Gasteiger partial charge in [0.25, 0.3) is 5.91 Å². The zero-order valence-corrected chi connectivity index (χ0v) is 18.4. The first-order chi connectivity index (χ1) is 15.4. The van der Waals surface area contributed by atoms with Crippen LogP contribution >= 0.6 is 0 Å². The van der Waals surface area contributed by atoms with E-state index in [1.165, 1.54) is 0 Å². The molecule has 0 radical (unpaired) electrons. The number of fused-ring (bicyclic) bond motifs is 1. The second-order valence-electron chi connectivity index (χ2n) is 7.87. The summed E-state index contributed by atoms with van der Waals surface area (Å²) in [5.41, 5.74) is 11.6. The van der Waals surface area contributed by atoms with Gasteiger partial charge in [-0.25, -0.2) is 0 Å². The van der Waals surface area contributed by atoms with Gasteiger partial charge in [-0.1, -0.05) is 18.2 Å². The van der Waals surface area contributed by atoms with E-state index in [1.54, 1.807) is 6.07 Å². The molecule has 0 spiro atoms. The van der Waals surface area contributed by atoms with E-state index < -0.39 is 0 Å². The van der Waals surface area contributed by atoms with Crippen molar-refractivity contribution in [3.63, 3.8) is 0 Å². The molecule has 0 bridgehead atoms. The van der Waals surface area contributed by atoms with Crippen molar-refractivity contribution >= 4 is 33.9 Å². The average molecular weight is 427 g/mol. The van der Waals surface area contributed by atoms with E-state index in [1.807, 2.05) is 92.6 Å². The van der Waals surface area contributed by atoms with Gasteiger partial charge in [-0.15, -0.1) is 0 Å². The Labute approximate surface area is 187 Å². The van der Waals surface area contributed by atoms with Gasteiger partial charge < -0.3 is 20.7 Å². The predicted octanol–water partition coefficient (Wildman–Crippen LogP) is 5.02. The van der Waals surface area contributed by atoms with Crippen molar-refractivity contribution < 1.29 is 9.53 Å². The minimum Gasteiger partial charge on any atom is -0.489 e. The van der Waals surface area contributed by atoms with E-state index in [-0.39, 0.29) is 5.91 Å². The Morgan fingerprint density at radius 2 is 1.78 bits per heavy atom. The van der Waals surface area contributed by atoms with E-state index in [9.17, 15) is 4.79 Å². The zero-order chi connectivity index (χ0) is 22.7. The van der Waals surface area contributed by atoms with Gasteiger partial charge in [-0.2, -0.15) is 0 Å². The normalized spacial score (nSPS) is 10.7. The summed E-state index contributed by atoms with van der Waals surface area (Å²) in [6.07, 6.45) is 0. The van der Waals surface area contributed by atoms with Crippen molar-refractivity contribution in [2.24, 2.45) is 0 Å². The highest BCUT2D eigenvalue weighted by atomic mass is 16.5. The van der Waals surface area contributed by atoms with Gasteiger partial charge in [0.2, 0.25) is 0 Å². The van der Waals surface area contributed by atoms with Crippen LogP contribution in [0.25, 0.3) is 10.9 Å². The summed E-state index contributed by atoms with van der Waals surface area (Å²) in [6.45, 7) is 2.19. The summed E-state index contributed by atoms with van der Waals surface area (Å²) < 4.78 is 5.93. The monoisotopic (exact) mass is 426 g/mol. The first-order valence-electron chi connectivity index (χ1n) is 10.4.